The van der Waals surface area contributed by atoms with Gasteiger partial charge in [0.25, 0.3) is 0 Å². The first-order valence-electron chi connectivity index (χ1n) is 28.8. The number of aliphatic carboxylic acids is 2. The predicted octanol–water partition coefficient (Wildman–Crippen LogP) is -4.25. The number of hydrogen-bond acceptors (Lipinski definition) is 35. The van der Waals surface area contributed by atoms with Crippen molar-refractivity contribution in [3.63, 3.8) is 0 Å². The SMILES string of the molecule is O=C(O)CC(=O)OCC1OC(OC2=Cc3c(O)cc(OC4OC(COC(=O)C=Cc5ccc(O)c(O)c5)C(O)C(O)C4O)cc3OC2c2cc(O)c(O)c(OC3OC(C(=O)O)C(O)C(O)C3O)c2)C(OC2OC(CO)C(O)C(O)C2OC(=O)C=Cc2ccc(O)c(O)c2)C(O)C1O. The molecule has 9 rings (SSSR count). The summed E-state index contributed by atoms with van der Waals surface area (Å²) in [5, 5.41) is 213. The molecule has 4 saturated heterocycles. The molecule has 0 aliphatic carbocycles. The highest BCUT2D eigenvalue weighted by Gasteiger charge is 2.55. The molecule has 526 valence electrons. The molecule has 21 atom stereocenters. The molecule has 4 aromatic rings. The maximum Gasteiger partial charge on any atom is 0.335 e. The van der Waals surface area contributed by atoms with Crippen molar-refractivity contribution in [3.05, 3.63) is 101 Å². The fraction of sp³-hybridized carbons (Fsp3) is 0.417. The van der Waals surface area contributed by atoms with Crippen molar-refractivity contribution in [1.82, 2.24) is 0 Å². The summed E-state index contributed by atoms with van der Waals surface area (Å²) in [5.41, 5.74) is -0.494. The largest absolute Gasteiger partial charge is 0.507 e. The van der Waals surface area contributed by atoms with Gasteiger partial charge in [0.05, 0.1) is 12.2 Å². The number of hydrogen-bond donors (Lipinski definition) is 20. The van der Waals surface area contributed by atoms with Crippen molar-refractivity contribution < 1.29 is 183 Å². The zero-order chi connectivity index (χ0) is 70.6. The highest BCUT2D eigenvalue weighted by atomic mass is 16.8. The Bertz CT molecular complexity index is 3630. The van der Waals surface area contributed by atoms with E-state index >= 15 is 0 Å². The molecule has 0 aromatic heterocycles. The third-order valence-electron chi connectivity index (χ3n) is 15.4. The van der Waals surface area contributed by atoms with Crippen molar-refractivity contribution in [2.24, 2.45) is 0 Å². The van der Waals surface area contributed by atoms with Gasteiger partial charge in [-0.25, -0.2) is 14.4 Å². The van der Waals surface area contributed by atoms with Crippen molar-refractivity contribution in [2.45, 2.75) is 135 Å². The normalized spacial score (nSPS) is 31.8. The lowest BCUT2D eigenvalue weighted by Crippen LogP contribution is -2.65. The first kappa shape index (κ1) is 71.9. The molecule has 5 aliphatic heterocycles. The maximum absolute atomic E-state index is 13.4. The second-order valence-corrected chi connectivity index (χ2v) is 22.2. The molecule has 20 N–H and O–H groups in total. The van der Waals surface area contributed by atoms with Gasteiger partial charge in [0, 0.05) is 29.8 Å². The van der Waals surface area contributed by atoms with Gasteiger partial charge in [-0.2, -0.15) is 0 Å². The van der Waals surface area contributed by atoms with E-state index in [0.29, 0.717) is 0 Å². The Labute approximate surface area is 543 Å². The number of fused-ring (bicyclic) bond motifs is 1. The number of phenolic OH excluding ortho intramolecular Hbond substituents is 7. The molecule has 0 radical (unpaired) electrons. The number of aliphatic hydroxyl groups is 11. The second kappa shape index (κ2) is 30.4. The van der Waals surface area contributed by atoms with E-state index in [1.54, 1.807) is 0 Å². The number of ether oxygens (including phenoxy) is 12. The van der Waals surface area contributed by atoms with Crippen LogP contribution in [0.3, 0.4) is 0 Å². The predicted molar refractivity (Wildman–Crippen MR) is 308 cm³/mol. The standard InChI is InChI=1S/C60H64O37/c61-17-34-42(74)47(79)54(95-39(71)8-4-21-2-6-26(63)29(66)10-21)60(92-34)97-55-48(80)44(76)36(19-87-40(72)16-37(68)69)94-59(55)91-33-15-24-27(64)13-23(88-57-50(82)45(77)43(75)35(93-57)18-86-38(70)7-3-20-1-5-25(62)28(65)9-20)14-31(24)89-52(33)22-11-30(67)41(73)32(12-22)90-58-51(83)46(78)49(81)53(96-58)56(84)85/h1-15,34-36,42-55,57-67,73-83H,16-19H2,(H,68,69)(H,84,85). The van der Waals surface area contributed by atoms with Gasteiger partial charge in [-0.05, 0) is 65.8 Å². The highest BCUT2D eigenvalue weighted by molar-refractivity contribution is 5.90. The Hall–Kier alpha value is -9.39. The molecule has 37 heteroatoms. The average Bonchev–Trinajstić information content (AvgIpc) is 0.766. The third-order valence-corrected chi connectivity index (χ3v) is 15.4. The number of carboxylic acids is 2. The number of esters is 3. The molecule has 21 unspecified atom stereocenters. The topological polar surface area (TPSA) is 601 Å². The van der Waals surface area contributed by atoms with Crippen LogP contribution in [0, 0.1) is 0 Å². The molecular formula is C60H64O37. The molecular weight excluding hydrogens is 1310 g/mol. The quantitative estimate of drug-likeness (QED) is 0.0116. The van der Waals surface area contributed by atoms with Crippen LogP contribution in [0.25, 0.3) is 18.2 Å². The Kier molecular flexibility index (Phi) is 22.5. The van der Waals surface area contributed by atoms with E-state index < -0.39 is 259 Å². The first-order valence-corrected chi connectivity index (χ1v) is 28.8. The monoisotopic (exact) mass is 1380 g/mol. The summed E-state index contributed by atoms with van der Waals surface area (Å²) in [5.74, 6) is -15.0. The van der Waals surface area contributed by atoms with Gasteiger partial charge >= 0.3 is 29.8 Å². The average molecular weight is 1380 g/mol. The lowest BCUT2D eigenvalue weighted by atomic mass is 9.96. The smallest absolute Gasteiger partial charge is 0.335 e. The van der Waals surface area contributed by atoms with E-state index in [-0.39, 0.29) is 11.1 Å². The minimum atomic E-state index is -2.40. The number of carbonyl (C=O) groups excluding carboxylic acids is 3. The molecule has 0 bridgehead atoms. The Morgan fingerprint density at radius 2 is 1.05 bits per heavy atom. The van der Waals surface area contributed by atoms with Crippen LogP contribution in [0.2, 0.25) is 0 Å². The number of aromatic hydroxyl groups is 7. The molecule has 4 aromatic carbocycles. The minimum Gasteiger partial charge on any atom is -0.507 e. The van der Waals surface area contributed by atoms with E-state index in [2.05, 4.69) is 0 Å². The van der Waals surface area contributed by atoms with Crippen LogP contribution in [0.1, 0.15) is 34.8 Å². The van der Waals surface area contributed by atoms with Crippen LogP contribution in [0.15, 0.2) is 78.6 Å². The summed E-state index contributed by atoms with van der Waals surface area (Å²) in [6.07, 6.45) is -41.2. The van der Waals surface area contributed by atoms with Crippen molar-refractivity contribution in [3.8, 4) is 57.5 Å². The summed E-state index contributed by atoms with van der Waals surface area (Å²) in [6.45, 7) is -2.95. The maximum atomic E-state index is 13.4. The number of benzene rings is 4. The number of aliphatic hydroxyl groups excluding tert-OH is 11. The lowest BCUT2D eigenvalue weighted by Gasteiger charge is -2.47. The number of phenols is 7. The minimum absolute atomic E-state index is 0.119. The highest BCUT2D eigenvalue weighted by Crippen LogP contribution is 2.49. The third kappa shape index (κ3) is 16.4. The van der Waals surface area contributed by atoms with Gasteiger partial charge in [0.2, 0.25) is 24.6 Å². The van der Waals surface area contributed by atoms with Gasteiger partial charge in [-0.15, -0.1) is 0 Å². The van der Waals surface area contributed by atoms with Crippen molar-refractivity contribution in [2.75, 3.05) is 19.8 Å². The van der Waals surface area contributed by atoms with Gasteiger partial charge in [-0.1, -0.05) is 12.1 Å². The van der Waals surface area contributed by atoms with Gasteiger partial charge in [-0.3, -0.25) is 9.59 Å². The summed E-state index contributed by atoms with van der Waals surface area (Å²) in [7, 11) is 0. The summed E-state index contributed by atoms with van der Waals surface area (Å²) < 4.78 is 68.5. The molecule has 5 heterocycles. The molecule has 0 amide bonds. The fourth-order valence-electron chi connectivity index (χ4n) is 10.3. The summed E-state index contributed by atoms with van der Waals surface area (Å²) in [4.78, 5) is 62.0. The second-order valence-electron chi connectivity index (χ2n) is 22.2. The van der Waals surface area contributed by atoms with Crippen molar-refractivity contribution >= 4 is 48.1 Å². The lowest BCUT2D eigenvalue weighted by molar-refractivity contribution is -0.364. The molecule has 0 spiro atoms. The Morgan fingerprint density at radius 1 is 0.495 bits per heavy atom. The van der Waals surface area contributed by atoms with Crippen LogP contribution < -0.4 is 14.2 Å². The van der Waals surface area contributed by atoms with E-state index in [4.69, 9.17) is 56.8 Å². The zero-order valence-corrected chi connectivity index (χ0v) is 49.5. The molecule has 37 nitrogen and oxygen atoms in total. The van der Waals surface area contributed by atoms with Crippen LogP contribution in [-0.2, 0) is 66.6 Å². The van der Waals surface area contributed by atoms with E-state index in [9.17, 15) is 126 Å². The Balaban J connectivity index is 1.08. The van der Waals surface area contributed by atoms with E-state index in [0.717, 1.165) is 72.8 Å². The molecule has 5 aliphatic rings. The van der Waals surface area contributed by atoms with Crippen LogP contribution in [-0.4, -0.2) is 275 Å². The molecule has 4 fully saturated rings. The summed E-state index contributed by atoms with van der Waals surface area (Å²) in [6, 6.07) is 10.4. The number of carboxylic acid groups (broad SMARTS) is 2. The van der Waals surface area contributed by atoms with E-state index in [1.165, 1.54) is 18.2 Å². The van der Waals surface area contributed by atoms with Crippen LogP contribution in [0.5, 0.6) is 57.5 Å². The zero-order valence-electron chi connectivity index (χ0n) is 49.5. The molecule has 97 heavy (non-hydrogen) atoms. The van der Waals surface area contributed by atoms with E-state index in [1.807, 2.05) is 0 Å². The first-order chi connectivity index (χ1) is 45.9. The van der Waals surface area contributed by atoms with Crippen LogP contribution >= 0.6 is 0 Å². The fourth-order valence-corrected chi connectivity index (χ4v) is 10.3. The van der Waals surface area contributed by atoms with Gasteiger partial charge in [0.1, 0.15) is 122 Å². The number of carbonyl (C=O) groups is 5. The molecule has 0 saturated carbocycles. The Morgan fingerprint density at radius 3 is 1.66 bits per heavy atom. The van der Waals surface area contributed by atoms with Gasteiger partial charge < -0.3 is 159 Å². The van der Waals surface area contributed by atoms with Crippen molar-refractivity contribution in [1.29, 1.82) is 0 Å². The van der Waals surface area contributed by atoms with Crippen LogP contribution in [0.4, 0.5) is 0 Å². The van der Waals surface area contributed by atoms with Gasteiger partial charge in [0.15, 0.2) is 65.2 Å². The number of rotatable bonds is 22. The summed E-state index contributed by atoms with van der Waals surface area (Å²) >= 11 is 0.